The Morgan fingerprint density at radius 3 is 2.62 bits per heavy atom. The number of benzene rings is 1. The Morgan fingerprint density at radius 1 is 1.31 bits per heavy atom. The van der Waals surface area contributed by atoms with Crippen LogP contribution in [0.15, 0.2) is 33.7 Å². The number of nitrogens with one attached hydrogen (secondary N) is 3. The average Bonchev–Trinajstić information content (AvgIpc) is 3.06. The summed E-state index contributed by atoms with van der Waals surface area (Å²) in [7, 11) is -1.43. The summed E-state index contributed by atoms with van der Waals surface area (Å²) in [4.78, 5) is 6.55. The summed E-state index contributed by atoms with van der Waals surface area (Å²) in [5.74, 6) is 0.784. The average molecular weight is 560 g/mol. The fraction of sp³-hybridized carbons (Fsp3) is 0.562. The summed E-state index contributed by atoms with van der Waals surface area (Å²) < 4.78 is 26.4. The van der Waals surface area contributed by atoms with Crippen LogP contribution in [-0.4, -0.2) is 59.4 Å². The molecule has 0 saturated carbocycles. The first-order chi connectivity index (χ1) is 11.9. The lowest BCUT2D eigenvalue weighted by molar-refractivity contribution is 0.581. The molecule has 1 aliphatic heterocycles. The molecule has 1 aromatic rings. The Kier molecular flexibility index (Phi) is 10.2. The van der Waals surface area contributed by atoms with Crippen molar-refractivity contribution < 1.29 is 8.42 Å². The van der Waals surface area contributed by atoms with Crippen molar-refractivity contribution >= 4 is 61.6 Å². The highest BCUT2D eigenvalue weighted by molar-refractivity contribution is 14.0. The van der Waals surface area contributed by atoms with Gasteiger partial charge in [0.25, 0.3) is 0 Å². The number of hydrogen-bond acceptors (Lipinski definition) is 4. The molecule has 7 nitrogen and oxygen atoms in total. The molecular weight excluding hydrogens is 533 g/mol. The Hall–Kier alpha value is -0.590. The minimum atomic E-state index is -3.15. The molecule has 0 amide bonds. The fourth-order valence-electron chi connectivity index (χ4n) is 2.64. The van der Waals surface area contributed by atoms with E-state index < -0.39 is 10.0 Å². The van der Waals surface area contributed by atoms with Crippen LogP contribution < -0.4 is 20.3 Å². The molecule has 1 aliphatic rings. The molecule has 0 radical (unpaired) electrons. The molecule has 0 aromatic heterocycles. The molecule has 0 aliphatic carbocycles. The van der Waals surface area contributed by atoms with Gasteiger partial charge in [0.15, 0.2) is 5.96 Å². The van der Waals surface area contributed by atoms with Crippen LogP contribution >= 0.6 is 39.9 Å². The van der Waals surface area contributed by atoms with Crippen LogP contribution in [0.4, 0.5) is 5.69 Å². The van der Waals surface area contributed by atoms with Gasteiger partial charge in [-0.25, -0.2) is 13.1 Å². The number of guanidine groups is 1. The number of anilines is 1. The van der Waals surface area contributed by atoms with Crippen LogP contribution in [-0.2, 0) is 10.0 Å². The van der Waals surface area contributed by atoms with Gasteiger partial charge in [-0.05, 0) is 37.6 Å². The van der Waals surface area contributed by atoms with Crippen molar-refractivity contribution in [2.45, 2.75) is 19.4 Å². The lowest BCUT2D eigenvalue weighted by Crippen LogP contribution is -2.46. The number of nitrogens with zero attached hydrogens (tertiary/aromatic N) is 2. The zero-order valence-corrected chi connectivity index (χ0v) is 19.8. The predicted molar refractivity (Wildman–Crippen MR) is 122 cm³/mol. The monoisotopic (exact) mass is 559 g/mol. The van der Waals surface area contributed by atoms with Crippen molar-refractivity contribution in [2.24, 2.45) is 4.99 Å². The Bertz CT molecular complexity index is 684. The molecule has 10 heteroatoms. The van der Waals surface area contributed by atoms with Gasteiger partial charge in [0.2, 0.25) is 10.0 Å². The van der Waals surface area contributed by atoms with E-state index in [2.05, 4.69) is 53.3 Å². The number of aliphatic imine (C=N–C) groups is 1. The predicted octanol–water partition coefficient (Wildman–Crippen LogP) is 1.75. The summed E-state index contributed by atoms with van der Waals surface area (Å²) in [6.45, 7) is 4.35. The standard InChI is InChI=1S/C16H26BrN5O2S.HI/c1-3-25(23,24)20-10-9-19-16(18-2)21-14-8-11-22(12-14)15-6-4-13(17)5-7-15;/h4-7,14,20H,3,8-12H2,1-2H3,(H2,18,19,21);1H. The first-order valence-corrected chi connectivity index (χ1v) is 10.8. The third kappa shape index (κ3) is 7.57. The van der Waals surface area contributed by atoms with E-state index >= 15 is 0 Å². The smallest absolute Gasteiger partial charge is 0.211 e. The number of sulfonamides is 1. The number of rotatable bonds is 7. The molecule has 26 heavy (non-hydrogen) atoms. The largest absolute Gasteiger partial charge is 0.369 e. The van der Waals surface area contributed by atoms with Crippen LogP contribution in [0.25, 0.3) is 0 Å². The van der Waals surface area contributed by atoms with Gasteiger partial charge in [0.1, 0.15) is 0 Å². The topological polar surface area (TPSA) is 85.8 Å². The summed E-state index contributed by atoms with van der Waals surface area (Å²) in [5, 5.41) is 6.54. The van der Waals surface area contributed by atoms with E-state index in [4.69, 9.17) is 0 Å². The highest BCUT2D eigenvalue weighted by Crippen LogP contribution is 2.22. The quantitative estimate of drug-likeness (QED) is 0.205. The minimum absolute atomic E-state index is 0. The van der Waals surface area contributed by atoms with Crippen LogP contribution in [0, 0.1) is 0 Å². The third-order valence-electron chi connectivity index (χ3n) is 4.06. The Labute approximate surface area is 181 Å². The van der Waals surface area contributed by atoms with Crippen LogP contribution in [0.5, 0.6) is 0 Å². The van der Waals surface area contributed by atoms with E-state index in [0.29, 0.717) is 25.1 Å². The molecule has 0 spiro atoms. The second-order valence-electron chi connectivity index (χ2n) is 5.85. The van der Waals surface area contributed by atoms with Crippen molar-refractivity contribution in [3.8, 4) is 0 Å². The Morgan fingerprint density at radius 2 is 2.00 bits per heavy atom. The molecule has 2 rings (SSSR count). The van der Waals surface area contributed by atoms with Gasteiger partial charge in [-0.2, -0.15) is 0 Å². The highest BCUT2D eigenvalue weighted by atomic mass is 127. The molecule has 1 unspecified atom stereocenters. The van der Waals surface area contributed by atoms with Crippen LogP contribution in [0.2, 0.25) is 0 Å². The summed E-state index contributed by atoms with van der Waals surface area (Å²) in [6.07, 6.45) is 1.03. The van der Waals surface area contributed by atoms with Crippen LogP contribution in [0.1, 0.15) is 13.3 Å². The molecular formula is C16H27BrIN5O2S. The van der Waals surface area contributed by atoms with E-state index in [-0.39, 0.29) is 29.7 Å². The SMILES string of the molecule is CCS(=O)(=O)NCCNC(=NC)NC1CCN(c2ccc(Br)cc2)C1.I. The molecule has 1 heterocycles. The second-order valence-corrected chi connectivity index (χ2v) is 8.86. The maximum atomic E-state index is 11.4. The summed E-state index contributed by atoms with van der Waals surface area (Å²) in [5.41, 5.74) is 1.21. The van der Waals surface area contributed by atoms with E-state index in [1.54, 1.807) is 14.0 Å². The van der Waals surface area contributed by atoms with Gasteiger partial charge in [-0.1, -0.05) is 15.9 Å². The third-order valence-corrected chi connectivity index (χ3v) is 6.00. The van der Waals surface area contributed by atoms with Crippen molar-refractivity contribution in [2.75, 3.05) is 43.9 Å². The minimum Gasteiger partial charge on any atom is -0.369 e. The lowest BCUT2D eigenvalue weighted by Gasteiger charge is -2.20. The van der Waals surface area contributed by atoms with Gasteiger partial charge < -0.3 is 15.5 Å². The molecule has 1 fully saturated rings. The zero-order chi connectivity index (χ0) is 18.3. The molecule has 1 aromatic carbocycles. The van der Waals surface area contributed by atoms with Crippen molar-refractivity contribution in [3.63, 3.8) is 0 Å². The first-order valence-electron chi connectivity index (χ1n) is 8.38. The molecule has 148 valence electrons. The fourth-order valence-corrected chi connectivity index (χ4v) is 3.52. The van der Waals surface area contributed by atoms with Gasteiger partial charge in [0, 0.05) is 49.4 Å². The zero-order valence-electron chi connectivity index (χ0n) is 15.0. The normalized spacial score (nSPS) is 17.7. The van der Waals surface area contributed by atoms with Gasteiger partial charge in [-0.3, -0.25) is 4.99 Å². The Balaban J connectivity index is 0.00000338. The van der Waals surface area contributed by atoms with E-state index in [1.165, 1.54) is 5.69 Å². The van der Waals surface area contributed by atoms with E-state index in [9.17, 15) is 8.42 Å². The van der Waals surface area contributed by atoms with Crippen molar-refractivity contribution in [1.29, 1.82) is 0 Å². The van der Waals surface area contributed by atoms with Crippen molar-refractivity contribution in [3.05, 3.63) is 28.7 Å². The first kappa shape index (κ1) is 23.4. The van der Waals surface area contributed by atoms with Gasteiger partial charge in [0.05, 0.1) is 5.75 Å². The molecule has 1 atom stereocenters. The van der Waals surface area contributed by atoms with Gasteiger partial charge >= 0.3 is 0 Å². The molecule has 1 saturated heterocycles. The second kappa shape index (κ2) is 11.3. The van der Waals surface area contributed by atoms with E-state index in [0.717, 1.165) is 24.0 Å². The maximum absolute atomic E-state index is 11.4. The van der Waals surface area contributed by atoms with Crippen LogP contribution in [0.3, 0.4) is 0 Å². The maximum Gasteiger partial charge on any atom is 0.211 e. The molecule has 3 N–H and O–H groups in total. The number of hydrogen-bond donors (Lipinski definition) is 3. The number of halogens is 2. The van der Waals surface area contributed by atoms with Gasteiger partial charge in [-0.15, -0.1) is 24.0 Å². The summed E-state index contributed by atoms with van der Waals surface area (Å²) in [6, 6.07) is 8.63. The molecule has 0 bridgehead atoms. The lowest BCUT2D eigenvalue weighted by atomic mass is 10.3. The summed E-state index contributed by atoms with van der Waals surface area (Å²) >= 11 is 3.46. The highest BCUT2D eigenvalue weighted by Gasteiger charge is 2.23. The van der Waals surface area contributed by atoms with Crippen molar-refractivity contribution in [1.82, 2.24) is 15.4 Å². The van der Waals surface area contributed by atoms with E-state index in [1.807, 2.05) is 12.1 Å².